The number of aliphatic carboxylic acids is 1. The first-order valence-electron chi connectivity index (χ1n) is 10.5. The molecule has 1 amide bonds. The predicted octanol–water partition coefficient (Wildman–Crippen LogP) is 6.37. The summed E-state index contributed by atoms with van der Waals surface area (Å²) < 4.78 is 59.7. The molecular weight excluding hydrogens is 506 g/mol. The molecule has 1 aliphatic heterocycles. The van der Waals surface area contributed by atoms with Gasteiger partial charge in [0.1, 0.15) is 15.9 Å². The molecule has 0 aliphatic carbocycles. The molecule has 0 aromatic heterocycles. The molecule has 0 saturated carbocycles. The van der Waals surface area contributed by atoms with Crippen LogP contribution in [-0.4, -0.2) is 39.9 Å². The number of hydrogen-bond donors (Lipinski definition) is 1. The van der Waals surface area contributed by atoms with Crippen LogP contribution in [0.4, 0.5) is 17.6 Å². The number of halogens is 4. The number of carboxylic acid groups (broad SMARTS) is 1. The van der Waals surface area contributed by atoms with Crippen molar-refractivity contribution in [1.82, 2.24) is 4.90 Å². The summed E-state index contributed by atoms with van der Waals surface area (Å²) in [7, 11) is 1.33. The molecular formula is C24H21F4NO4S2. The zero-order valence-corrected chi connectivity index (χ0v) is 20.2. The van der Waals surface area contributed by atoms with E-state index in [4.69, 9.17) is 22.1 Å². The van der Waals surface area contributed by atoms with Crippen molar-refractivity contribution < 1.29 is 37.0 Å². The molecule has 2 aromatic rings. The normalized spacial score (nSPS) is 15.2. The molecule has 1 N–H and O–H groups in total. The standard InChI is InChI=1S/C24H21F4NO4S2/c1-33-19-9-6-14(11-17(19)16-13-15(24(26,27)28)7-8-18(16)25)12-20-22(32)29(23(34)35-20)10-4-2-3-5-21(30)31/h6-9,11-13H,2-5,10H2,1H3,(H,30,31)/b20-12-. The van der Waals surface area contributed by atoms with Gasteiger partial charge in [-0.05, 0) is 54.8 Å². The predicted molar refractivity (Wildman–Crippen MR) is 129 cm³/mol. The van der Waals surface area contributed by atoms with Gasteiger partial charge in [0.2, 0.25) is 0 Å². The van der Waals surface area contributed by atoms with Gasteiger partial charge < -0.3 is 9.84 Å². The smallest absolute Gasteiger partial charge is 0.416 e. The number of carboxylic acids is 1. The summed E-state index contributed by atoms with van der Waals surface area (Å²) in [5.41, 5.74) is -0.704. The molecule has 0 radical (unpaired) electrons. The van der Waals surface area contributed by atoms with Crippen molar-refractivity contribution in [3.63, 3.8) is 0 Å². The Kier molecular flexibility index (Phi) is 8.55. The lowest BCUT2D eigenvalue weighted by molar-refractivity contribution is -0.138. The molecule has 1 aliphatic rings. The van der Waals surface area contributed by atoms with Gasteiger partial charge in [-0.15, -0.1) is 0 Å². The third kappa shape index (κ3) is 6.61. The molecule has 0 unspecified atom stereocenters. The van der Waals surface area contributed by atoms with Gasteiger partial charge in [0, 0.05) is 24.1 Å². The van der Waals surface area contributed by atoms with Crippen molar-refractivity contribution in [2.24, 2.45) is 0 Å². The second-order valence-corrected chi connectivity index (χ2v) is 9.37. The number of unbranched alkanes of at least 4 members (excludes halogenated alkanes) is 2. The van der Waals surface area contributed by atoms with Gasteiger partial charge in [-0.1, -0.05) is 36.5 Å². The zero-order chi connectivity index (χ0) is 25.8. The number of ether oxygens (including phenoxy) is 1. The summed E-state index contributed by atoms with van der Waals surface area (Å²) in [4.78, 5) is 25.2. The van der Waals surface area contributed by atoms with Gasteiger partial charge in [0.15, 0.2) is 0 Å². The Morgan fingerprint density at radius 2 is 1.89 bits per heavy atom. The van der Waals surface area contributed by atoms with Crippen LogP contribution >= 0.6 is 24.0 Å². The van der Waals surface area contributed by atoms with Gasteiger partial charge in [0.05, 0.1) is 17.6 Å². The average Bonchev–Trinajstić information content (AvgIpc) is 3.05. The number of thioether (sulfide) groups is 1. The number of amides is 1. The minimum atomic E-state index is -4.64. The summed E-state index contributed by atoms with van der Waals surface area (Å²) >= 11 is 6.38. The van der Waals surface area contributed by atoms with Crippen LogP contribution in [0.2, 0.25) is 0 Å². The summed E-state index contributed by atoms with van der Waals surface area (Å²) in [5.74, 6) is -1.86. The Morgan fingerprint density at radius 3 is 2.54 bits per heavy atom. The lowest BCUT2D eigenvalue weighted by atomic mass is 9.99. The summed E-state index contributed by atoms with van der Waals surface area (Å²) in [6.45, 7) is 0.352. The number of carbonyl (C=O) groups is 2. The topological polar surface area (TPSA) is 66.8 Å². The van der Waals surface area contributed by atoms with E-state index < -0.39 is 23.5 Å². The largest absolute Gasteiger partial charge is 0.496 e. The molecule has 35 heavy (non-hydrogen) atoms. The molecule has 11 heteroatoms. The Labute approximate surface area is 208 Å². The maximum Gasteiger partial charge on any atom is 0.416 e. The number of carbonyl (C=O) groups excluding carboxylic acids is 1. The molecule has 0 bridgehead atoms. The van der Waals surface area contributed by atoms with E-state index in [1.807, 2.05) is 0 Å². The SMILES string of the molecule is COc1ccc(/C=C2\SC(=S)N(CCCCCC(=O)O)C2=O)cc1-c1cc(C(F)(F)F)ccc1F. The van der Waals surface area contributed by atoms with Crippen LogP contribution in [0.25, 0.3) is 17.2 Å². The number of nitrogens with zero attached hydrogens (tertiary/aromatic N) is 1. The maximum atomic E-state index is 14.5. The fourth-order valence-corrected chi connectivity index (χ4v) is 4.81. The number of benzene rings is 2. The number of thiocarbonyl (C=S) groups is 1. The molecule has 1 saturated heterocycles. The number of hydrogen-bond acceptors (Lipinski definition) is 5. The minimum absolute atomic E-state index is 0.0601. The van der Waals surface area contributed by atoms with Gasteiger partial charge in [0.25, 0.3) is 5.91 Å². The summed E-state index contributed by atoms with van der Waals surface area (Å²) in [5, 5.41) is 8.70. The first-order chi connectivity index (χ1) is 16.5. The highest BCUT2D eigenvalue weighted by atomic mass is 32.2. The zero-order valence-electron chi connectivity index (χ0n) is 18.5. The highest BCUT2D eigenvalue weighted by Crippen LogP contribution is 2.39. The quantitative estimate of drug-likeness (QED) is 0.177. The number of alkyl halides is 3. The Bertz CT molecular complexity index is 1180. The van der Waals surface area contributed by atoms with Crippen molar-refractivity contribution in [2.75, 3.05) is 13.7 Å². The van der Waals surface area contributed by atoms with Gasteiger partial charge in [-0.2, -0.15) is 13.2 Å². The van der Waals surface area contributed by atoms with E-state index in [1.54, 1.807) is 6.07 Å². The lowest BCUT2D eigenvalue weighted by Gasteiger charge is -2.14. The maximum absolute atomic E-state index is 14.5. The molecule has 2 aromatic carbocycles. The van der Waals surface area contributed by atoms with Crippen LogP contribution in [0, 0.1) is 5.82 Å². The second-order valence-electron chi connectivity index (χ2n) is 7.69. The second kappa shape index (κ2) is 11.2. The minimum Gasteiger partial charge on any atom is -0.496 e. The van der Waals surface area contributed by atoms with E-state index in [0.29, 0.717) is 46.7 Å². The molecule has 1 heterocycles. The molecule has 1 fully saturated rings. The van der Waals surface area contributed by atoms with E-state index >= 15 is 0 Å². The van der Waals surface area contributed by atoms with Gasteiger partial charge >= 0.3 is 12.1 Å². The van der Waals surface area contributed by atoms with Crippen molar-refractivity contribution in [3.05, 3.63) is 58.2 Å². The Morgan fingerprint density at radius 1 is 1.14 bits per heavy atom. The van der Waals surface area contributed by atoms with E-state index in [0.717, 1.165) is 23.9 Å². The average molecular weight is 528 g/mol. The van der Waals surface area contributed by atoms with Crippen LogP contribution < -0.4 is 4.74 Å². The fourth-order valence-electron chi connectivity index (χ4n) is 3.50. The third-order valence-corrected chi connectivity index (χ3v) is 6.63. The lowest BCUT2D eigenvalue weighted by Crippen LogP contribution is -2.29. The Hall–Kier alpha value is -2.92. The van der Waals surface area contributed by atoms with Crippen molar-refractivity contribution in [1.29, 1.82) is 0 Å². The van der Waals surface area contributed by atoms with Crippen LogP contribution in [0.15, 0.2) is 41.3 Å². The molecule has 0 atom stereocenters. The number of methoxy groups -OCH3 is 1. The molecule has 3 rings (SSSR count). The van der Waals surface area contributed by atoms with E-state index in [-0.39, 0.29) is 29.2 Å². The molecule has 0 spiro atoms. The first-order valence-corrected chi connectivity index (χ1v) is 11.8. The van der Waals surface area contributed by atoms with Crippen molar-refractivity contribution in [3.8, 4) is 16.9 Å². The molecule has 186 valence electrons. The first kappa shape index (κ1) is 26.7. The van der Waals surface area contributed by atoms with Gasteiger partial charge in [-0.25, -0.2) is 4.39 Å². The van der Waals surface area contributed by atoms with E-state index in [2.05, 4.69) is 0 Å². The summed E-state index contributed by atoms with van der Waals surface area (Å²) in [6, 6.07) is 6.70. The van der Waals surface area contributed by atoms with E-state index in [1.165, 1.54) is 30.2 Å². The third-order valence-electron chi connectivity index (χ3n) is 5.25. The van der Waals surface area contributed by atoms with Crippen molar-refractivity contribution >= 4 is 46.3 Å². The van der Waals surface area contributed by atoms with Crippen LogP contribution in [0.1, 0.15) is 36.8 Å². The van der Waals surface area contributed by atoms with Gasteiger partial charge in [-0.3, -0.25) is 14.5 Å². The fraction of sp³-hybridized carbons (Fsp3) is 0.292. The van der Waals surface area contributed by atoms with E-state index in [9.17, 15) is 27.2 Å². The number of rotatable bonds is 9. The monoisotopic (exact) mass is 527 g/mol. The molecule has 5 nitrogen and oxygen atoms in total. The summed E-state index contributed by atoms with van der Waals surface area (Å²) in [6.07, 6.45) is -1.32. The highest BCUT2D eigenvalue weighted by Gasteiger charge is 2.33. The van der Waals surface area contributed by atoms with Crippen LogP contribution in [0.3, 0.4) is 0 Å². The van der Waals surface area contributed by atoms with Crippen LogP contribution in [-0.2, 0) is 15.8 Å². The van der Waals surface area contributed by atoms with Crippen molar-refractivity contribution in [2.45, 2.75) is 31.9 Å². The highest BCUT2D eigenvalue weighted by molar-refractivity contribution is 8.26. The Balaban J connectivity index is 1.85. The van der Waals surface area contributed by atoms with Crippen LogP contribution in [0.5, 0.6) is 5.75 Å².